The first-order valence-electron chi connectivity index (χ1n) is 4.98. The van der Waals surface area contributed by atoms with Gasteiger partial charge in [0.1, 0.15) is 11.6 Å². The summed E-state index contributed by atoms with van der Waals surface area (Å²) >= 11 is 5.96. The highest BCUT2D eigenvalue weighted by atomic mass is 35.5. The molecule has 3 heteroatoms. The second-order valence-corrected chi connectivity index (χ2v) is 4.66. The van der Waals surface area contributed by atoms with Gasteiger partial charge in [-0.2, -0.15) is 0 Å². The van der Waals surface area contributed by atoms with Crippen molar-refractivity contribution in [1.82, 2.24) is 0 Å². The van der Waals surface area contributed by atoms with Crippen LogP contribution in [0, 0.1) is 11.2 Å². The molecule has 0 bridgehead atoms. The second-order valence-electron chi connectivity index (χ2n) is 4.25. The van der Waals surface area contributed by atoms with E-state index in [2.05, 4.69) is 0 Å². The lowest BCUT2D eigenvalue weighted by molar-refractivity contribution is -0.121. The molecule has 1 aliphatic carbocycles. The summed E-state index contributed by atoms with van der Waals surface area (Å²) in [5, 5.41) is 0.545. The van der Waals surface area contributed by atoms with Crippen LogP contribution in [0.25, 0.3) is 0 Å². The number of hydrogen-bond acceptors (Lipinski definition) is 1. The second kappa shape index (κ2) is 3.60. The molecule has 1 nitrogen and oxygen atoms in total. The molecule has 1 aromatic rings. The number of Topliss-reactive ketones (excluding diaryl/α,β-unsaturated/α-hetero) is 1. The third-order valence-corrected chi connectivity index (χ3v) is 3.51. The molecular weight excluding hydrogens is 215 g/mol. The quantitative estimate of drug-likeness (QED) is 0.772. The van der Waals surface area contributed by atoms with Crippen molar-refractivity contribution >= 4 is 17.4 Å². The van der Waals surface area contributed by atoms with Crippen molar-refractivity contribution in [3.05, 3.63) is 34.6 Å². The molecule has 0 N–H and O–H groups in total. The molecule has 0 aliphatic heterocycles. The molecule has 0 amide bonds. The van der Waals surface area contributed by atoms with Crippen molar-refractivity contribution in [1.29, 1.82) is 0 Å². The molecule has 1 aliphatic rings. The fourth-order valence-electron chi connectivity index (χ4n) is 1.85. The third kappa shape index (κ3) is 2.05. The van der Waals surface area contributed by atoms with Crippen LogP contribution in [0.15, 0.2) is 18.2 Å². The molecule has 0 spiro atoms. The Kier molecular flexibility index (Phi) is 2.55. The minimum atomic E-state index is -0.297. The van der Waals surface area contributed by atoms with Crippen LogP contribution in [0.2, 0.25) is 5.02 Å². The van der Waals surface area contributed by atoms with Gasteiger partial charge in [-0.1, -0.05) is 11.6 Å². The molecule has 15 heavy (non-hydrogen) atoms. The van der Waals surface area contributed by atoms with E-state index in [0.29, 0.717) is 11.4 Å². The fourth-order valence-corrected chi connectivity index (χ4v) is 2.03. The predicted molar refractivity (Wildman–Crippen MR) is 57.5 cm³/mol. The van der Waals surface area contributed by atoms with Crippen molar-refractivity contribution in [3.8, 4) is 0 Å². The lowest BCUT2D eigenvalue weighted by atomic mass is 9.93. The molecule has 0 aromatic heterocycles. The van der Waals surface area contributed by atoms with Crippen molar-refractivity contribution in [2.24, 2.45) is 5.41 Å². The number of benzene rings is 1. The average molecular weight is 227 g/mol. The van der Waals surface area contributed by atoms with Gasteiger partial charge in [0.05, 0.1) is 0 Å². The molecule has 80 valence electrons. The summed E-state index contributed by atoms with van der Waals surface area (Å²) < 4.78 is 13.0. The molecule has 1 saturated carbocycles. The number of carbonyl (C=O) groups is 1. The van der Waals surface area contributed by atoms with Gasteiger partial charge in [0.25, 0.3) is 0 Å². The Labute approximate surface area is 93.2 Å². The minimum absolute atomic E-state index is 0.183. The summed E-state index contributed by atoms with van der Waals surface area (Å²) in [5.74, 6) is -0.114. The van der Waals surface area contributed by atoms with Crippen molar-refractivity contribution < 1.29 is 9.18 Å². The number of halogens is 2. The van der Waals surface area contributed by atoms with E-state index in [1.807, 2.05) is 0 Å². The van der Waals surface area contributed by atoms with Crippen LogP contribution < -0.4 is 0 Å². The Morgan fingerprint density at radius 1 is 1.53 bits per heavy atom. The number of ketones is 1. The lowest BCUT2D eigenvalue weighted by Crippen LogP contribution is -2.15. The van der Waals surface area contributed by atoms with Crippen LogP contribution in [0.3, 0.4) is 0 Å². The van der Waals surface area contributed by atoms with Gasteiger partial charge in [0.2, 0.25) is 0 Å². The number of carbonyl (C=O) groups excluding carboxylic acids is 1. The maximum Gasteiger partial charge on any atom is 0.136 e. The van der Waals surface area contributed by atoms with Crippen LogP contribution >= 0.6 is 11.6 Å². The maximum atomic E-state index is 13.0. The average Bonchev–Trinajstić information content (AvgIpc) is 2.92. The standard InChI is InChI=1S/C12H12ClFO/c1-8(15)12(4-5-12)7-9-6-10(14)2-3-11(9)13/h2-3,6H,4-5,7H2,1H3. The van der Waals surface area contributed by atoms with Gasteiger partial charge in [-0.15, -0.1) is 0 Å². The molecule has 2 rings (SSSR count). The van der Waals surface area contributed by atoms with Gasteiger partial charge in [-0.3, -0.25) is 4.79 Å². The van der Waals surface area contributed by atoms with Gasteiger partial charge in [-0.05, 0) is 49.9 Å². The number of hydrogen-bond donors (Lipinski definition) is 0. The molecule has 0 atom stereocenters. The first kappa shape index (κ1) is 10.6. The van der Waals surface area contributed by atoms with Gasteiger partial charge in [-0.25, -0.2) is 4.39 Å². The van der Waals surface area contributed by atoms with Gasteiger partial charge >= 0.3 is 0 Å². The monoisotopic (exact) mass is 226 g/mol. The van der Waals surface area contributed by atoms with Crippen molar-refractivity contribution in [2.75, 3.05) is 0 Å². The van der Waals surface area contributed by atoms with Crippen LogP contribution in [0.5, 0.6) is 0 Å². The maximum absolute atomic E-state index is 13.0. The van der Waals surface area contributed by atoms with E-state index in [-0.39, 0.29) is 17.0 Å². The van der Waals surface area contributed by atoms with E-state index in [1.54, 1.807) is 13.0 Å². The normalized spacial score (nSPS) is 17.5. The number of rotatable bonds is 3. The van der Waals surface area contributed by atoms with E-state index < -0.39 is 0 Å². The van der Waals surface area contributed by atoms with Crippen LogP contribution in [0.4, 0.5) is 4.39 Å². The Morgan fingerprint density at radius 2 is 2.20 bits per heavy atom. The molecule has 0 saturated heterocycles. The Balaban J connectivity index is 2.24. The highest BCUT2D eigenvalue weighted by Crippen LogP contribution is 2.49. The fraction of sp³-hybridized carbons (Fsp3) is 0.417. The minimum Gasteiger partial charge on any atom is -0.299 e. The third-order valence-electron chi connectivity index (χ3n) is 3.14. The van der Waals surface area contributed by atoms with Crippen LogP contribution in [-0.2, 0) is 11.2 Å². The summed E-state index contributed by atoms with van der Waals surface area (Å²) in [7, 11) is 0. The summed E-state index contributed by atoms with van der Waals surface area (Å²) in [4.78, 5) is 11.4. The molecule has 1 fully saturated rings. The Hall–Kier alpha value is -0.890. The van der Waals surface area contributed by atoms with E-state index in [9.17, 15) is 9.18 Å². The first-order chi connectivity index (χ1) is 7.03. The summed E-state index contributed by atoms with van der Waals surface area (Å²) in [5.41, 5.74) is 0.488. The van der Waals surface area contributed by atoms with Gasteiger partial charge in [0, 0.05) is 10.4 Å². The van der Waals surface area contributed by atoms with Gasteiger partial charge in [0.15, 0.2) is 0 Å². The SMILES string of the molecule is CC(=O)C1(Cc2cc(F)ccc2Cl)CC1. The Bertz CT molecular complexity index is 410. The van der Waals surface area contributed by atoms with Crippen LogP contribution in [-0.4, -0.2) is 5.78 Å². The highest BCUT2D eigenvalue weighted by molar-refractivity contribution is 6.31. The summed E-state index contributed by atoms with van der Waals surface area (Å²) in [6, 6.07) is 4.30. The molecule has 0 radical (unpaired) electrons. The van der Waals surface area contributed by atoms with Crippen LogP contribution in [0.1, 0.15) is 25.3 Å². The highest BCUT2D eigenvalue weighted by Gasteiger charge is 2.47. The zero-order valence-electron chi connectivity index (χ0n) is 8.52. The van der Waals surface area contributed by atoms with Gasteiger partial charge < -0.3 is 0 Å². The first-order valence-corrected chi connectivity index (χ1v) is 5.36. The molecule has 0 unspecified atom stereocenters. The van der Waals surface area contributed by atoms with Crippen molar-refractivity contribution in [2.45, 2.75) is 26.2 Å². The zero-order chi connectivity index (χ0) is 11.1. The van der Waals surface area contributed by atoms with E-state index in [4.69, 9.17) is 11.6 Å². The van der Waals surface area contributed by atoms with E-state index in [1.165, 1.54) is 12.1 Å². The zero-order valence-corrected chi connectivity index (χ0v) is 9.27. The molecule has 1 aromatic carbocycles. The summed E-state index contributed by atoms with van der Waals surface area (Å²) in [6.45, 7) is 1.60. The molecular formula is C12H12ClFO. The van der Waals surface area contributed by atoms with E-state index >= 15 is 0 Å². The smallest absolute Gasteiger partial charge is 0.136 e. The summed E-state index contributed by atoms with van der Waals surface area (Å²) in [6.07, 6.45) is 2.36. The topological polar surface area (TPSA) is 17.1 Å². The predicted octanol–water partition coefficient (Wildman–Crippen LogP) is 3.39. The van der Waals surface area contributed by atoms with E-state index in [0.717, 1.165) is 18.4 Å². The largest absolute Gasteiger partial charge is 0.299 e. The van der Waals surface area contributed by atoms with Crippen molar-refractivity contribution in [3.63, 3.8) is 0 Å². The Morgan fingerprint density at radius 3 is 2.73 bits per heavy atom. The molecule has 0 heterocycles. The lowest BCUT2D eigenvalue weighted by Gasteiger charge is -2.12.